The maximum Gasteiger partial charge on any atom is 0.358 e. The lowest BCUT2D eigenvalue weighted by Crippen LogP contribution is -2.17. The van der Waals surface area contributed by atoms with Gasteiger partial charge in [-0.2, -0.15) is 5.10 Å². The Morgan fingerprint density at radius 1 is 1.19 bits per heavy atom. The molecule has 0 amide bonds. The molecule has 0 spiro atoms. The lowest BCUT2D eigenvalue weighted by Gasteiger charge is -2.08. The van der Waals surface area contributed by atoms with Crippen molar-refractivity contribution in [3.63, 3.8) is 0 Å². The highest BCUT2D eigenvalue weighted by molar-refractivity contribution is 5.93. The number of anilines is 1. The van der Waals surface area contributed by atoms with Crippen molar-refractivity contribution in [3.05, 3.63) is 11.9 Å². The molecule has 0 aromatic carbocycles. The lowest BCUT2D eigenvalue weighted by molar-refractivity contribution is 0.00531. The molecule has 0 saturated heterocycles. The Bertz CT molecular complexity index is 422. The fourth-order valence-corrected chi connectivity index (χ4v) is 1.59. The zero-order valence-corrected chi connectivity index (χ0v) is 12.5. The molecule has 0 saturated carbocycles. The summed E-state index contributed by atoms with van der Waals surface area (Å²) in [6.45, 7) is 4.90. The van der Waals surface area contributed by atoms with Crippen LogP contribution in [0.5, 0.6) is 0 Å². The molecule has 0 aliphatic heterocycles. The number of rotatable bonds is 11. The van der Waals surface area contributed by atoms with Gasteiger partial charge in [0.2, 0.25) is 0 Å². The fraction of sp³-hybridized carbons (Fsp3) is 0.692. The van der Waals surface area contributed by atoms with Crippen molar-refractivity contribution in [3.8, 4) is 0 Å². The Kier molecular flexibility index (Phi) is 8.41. The van der Waals surface area contributed by atoms with Crippen molar-refractivity contribution in [2.24, 2.45) is 0 Å². The number of hydrogen-bond acceptors (Lipinski definition) is 7. The summed E-state index contributed by atoms with van der Waals surface area (Å²) in [4.78, 5) is 11.9. The largest absolute Gasteiger partial charge is 0.458 e. The molecule has 0 radical (unpaired) electrons. The van der Waals surface area contributed by atoms with E-state index < -0.39 is 5.97 Å². The first-order chi connectivity index (χ1) is 10.2. The van der Waals surface area contributed by atoms with Gasteiger partial charge in [0.25, 0.3) is 0 Å². The van der Waals surface area contributed by atoms with Crippen molar-refractivity contribution in [1.82, 2.24) is 9.78 Å². The second-order valence-corrected chi connectivity index (χ2v) is 4.12. The summed E-state index contributed by atoms with van der Waals surface area (Å²) in [5.74, 6) is -0.494. The second kappa shape index (κ2) is 10.1. The highest BCUT2D eigenvalue weighted by Gasteiger charge is 2.17. The van der Waals surface area contributed by atoms with Gasteiger partial charge >= 0.3 is 5.97 Å². The highest BCUT2D eigenvalue weighted by Crippen LogP contribution is 2.11. The van der Waals surface area contributed by atoms with Crippen LogP contribution in [-0.2, 0) is 25.5 Å². The Morgan fingerprint density at radius 2 is 1.81 bits per heavy atom. The first kappa shape index (κ1) is 17.4. The van der Waals surface area contributed by atoms with E-state index in [0.29, 0.717) is 45.3 Å². The highest BCUT2D eigenvalue weighted by atomic mass is 16.6. The van der Waals surface area contributed by atoms with Crippen molar-refractivity contribution in [2.75, 3.05) is 52.5 Å². The zero-order valence-electron chi connectivity index (χ0n) is 12.5. The number of nitrogens with two attached hydrogens (primary N) is 1. The number of carbonyl (C=O) groups excluding carboxylic acids is 1. The molecular formula is C13H23N3O5. The smallest absolute Gasteiger partial charge is 0.358 e. The molecular weight excluding hydrogens is 278 g/mol. The van der Waals surface area contributed by atoms with Crippen LogP contribution in [0.25, 0.3) is 0 Å². The molecule has 0 atom stereocenters. The third-order valence-electron chi connectivity index (χ3n) is 2.63. The van der Waals surface area contributed by atoms with E-state index >= 15 is 0 Å². The molecule has 1 rings (SSSR count). The van der Waals surface area contributed by atoms with Crippen molar-refractivity contribution in [2.45, 2.75) is 13.5 Å². The van der Waals surface area contributed by atoms with E-state index in [-0.39, 0.29) is 12.3 Å². The lowest BCUT2D eigenvalue weighted by atomic mass is 10.4. The van der Waals surface area contributed by atoms with E-state index in [4.69, 9.17) is 24.7 Å². The summed E-state index contributed by atoms with van der Waals surface area (Å²) in [6.07, 6.45) is 1.44. The average Bonchev–Trinajstić information content (AvgIpc) is 2.86. The molecule has 0 fully saturated rings. The summed E-state index contributed by atoms with van der Waals surface area (Å²) in [6, 6.07) is 0. The third-order valence-corrected chi connectivity index (χ3v) is 2.63. The third kappa shape index (κ3) is 6.11. The number of ether oxygens (including phenoxy) is 4. The van der Waals surface area contributed by atoms with E-state index in [1.807, 2.05) is 6.92 Å². The number of carbonyl (C=O) groups is 1. The van der Waals surface area contributed by atoms with Crippen molar-refractivity contribution >= 4 is 11.7 Å². The maximum absolute atomic E-state index is 11.9. The van der Waals surface area contributed by atoms with Crippen LogP contribution in [0.15, 0.2) is 6.20 Å². The van der Waals surface area contributed by atoms with Crippen LogP contribution in [0.1, 0.15) is 17.4 Å². The monoisotopic (exact) mass is 301 g/mol. The quantitative estimate of drug-likeness (QED) is 0.464. The van der Waals surface area contributed by atoms with Gasteiger partial charge in [-0.1, -0.05) is 0 Å². The maximum atomic E-state index is 11.9. The predicted octanol–water partition coefficient (Wildman–Crippen LogP) is 0.322. The summed E-state index contributed by atoms with van der Waals surface area (Å²) in [5.41, 5.74) is 6.28. The molecule has 8 nitrogen and oxygen atoms in total. The van der Waals surface area contributed by atoms with Crippen LogP contribution in [0.3, 0.4) is 0 Å². The number of aromatic nitrogens is 2. The Balaban J connectivity index is 2.12. The molecule has 1 heterocycles. The van der Waals surface area contributed by atoms with Crippen LogP contribution in [-0.4, -0.2) is 62.5 Å². The summed E-state index contributed by atoms with van der Waals surface area (Å²) in [5, 5.41) is 3.98. The van der Waals surface area contributed by atoms with E-state index in [1.165, 1.54) is 10.9 Å². The normalized spacial score (nSPS) is 10.8. The van der Waals surface area contributed by atoms with Crippen LogP contribution < -0.4 is 5.73 Å². The minimum absolute atomic E-state index is 0.158. The van der Waals surface area contributed by atoms with E-state index in [0.717, 1.165) is 0 Å². The molecule has 0 aliphatic rings. The molecule has 120 valence electrons. The Hall–Kier alpha value is -1.64. The van der Waals surface area contributed by atoms with Crippen molar-refractivity contribution < 1.29 is 23.7 Å². The van der Waals surface area contributed by atoms with Gasteiger partial charge in [0.1, 0.15) is 6.61 Å². The molecule has 1 aromatic heterocycles. The number of aryl methyl sites for hydroxylation is 1. The minimum atomic E-state index is -0.494. The summed E-state index contributed by atoms with van der Waals surface area (Å²) in [7, 11) is 1.62. The molecule has 0 aliphatic carbocycles. The van der Waals surface area contributed by atoms with Crippen LogP contribution in [0, 0.1) is 0 Å². The number of esters is 1. The standard InChI is InChI=1S/C13H23N3O5/c1-3-16-12(11(14)10-15-16)13(17)21-9-8-20-7-6-19-5-4-18-2/h10H,3-9,14H2,1-2H3. The van der Waals surface area contributed by atoms with Crippen LogP contribution in [0.4, 0.5) is 5.69 Å². The minimum Gasteiger partial charge on any atom is -0.458 e. The van der Waals surface area contributed by atoms with Gasteiger partial charge in [0.15, 0.2) is 5.69 Å². The van der Waals surface area contributed by atoms with Gasteiger partial charge in [-0.15, -0.1) is 0 Å². The van der Waals surface area contributed by atoms with E-state index in [2.05, 4.69) is 5.10 Å². The molecule has 8 heteroatoms. The topological polar surface area (TPSA) is 97.8 Å². The fourth-order valence-electron chi connectivity index (χ4n) is 1.59. The first-order valence-corrected chi connectivity index (χ1v) is 6.83. The molecule has 2 N–H and O–H groups in total. The molecule has 21 heavy (non-hydrogen) atoms. The number of methoxy groups -OCH3 is 1. The van der Waals surface area contributed by atoms with Gasteiger partial charge in [-0.05, 0) is 6.92 Å². The Morgan fingerprint density at radius 3 is 2.43 bits per heavy atom. The SMILES string of the molecule is CCn1ncc(N)c1C(=O)OCCOCCOCCOC. The van der Waals surface area contributed by atoms with E-state index in [1.54, 1.807) is 7.11 Å². The first-order valence-electron chi connectivity index (χ1n) is 6.83. The zero-order chi connectivity index (χ0) is 15.5. The van der Waals surface area contributed by atoms with Gasteiger partial charge < -0.3 is 24.7 Å². The van der Waals surface area contributed by atoms with Crippen LogP contribution >= 0.6 is 0 Å². The van der Waals surface area contributed by atoms with Crippen molar-refractivity contribution in [1.29, 1.82) is 0 Å². The summed E-state index contributed by atoms with van der Waals surface area (Å²) < 4.78 is 21.9. The molecule has 0 bridgehead atoms. The summed E-state index contributed by atoms with van der Waals surface area (Å²) >= 11 is 0. The van der Waals surface area contributed by atoms with Gasteiger partial charge in [0, 0.05) is 13.7 Å². The number of nitrogens with zero attached hydrogens (tertiary/aromatic N) is 2. The molecule has 1 aromatic rings. The number of hydrogen-bond donors (Lipinski definition) is 1. The van der Waals surface area contributed by atoms with Gasteiger partial charge in [-0.3, -0.25) is 4.68 Å². The Labute approximate surface area is 124 Å². The average molecular weight is 301 g/mol. The predicted molar refractivity (Wildman–Crippen MR) is 76.1 cm³/mol. The number of nitrogen functional groups attached to an aromatic ring is 1. The molecule has 0 unspecified atom stereocenters. The van der Waals surface area contributed by atoms with E-state index in [9.17, 15) is 4.79 Å². The second-order valence-electron chi connectivity index (χ2n) is 4.12. The van der Waals surface area contributed by atoms with Gasteiger partial charge in [0.05, 0.1) is 44.9 Å². The van der Waals surface area contributed by atoms with Gasteiger partial charge in [-0.25, -0.2) is 4.79 Å². The van der Waals surface area contributed by atoms with Crippen LogP contribution in [0.2, 0.25) is 0 Å².